The molecule has 74 valence electrons. The summed E-state index contributed by atoms with van der Waals surface area (Å²) in [7, 11) is 0. The molecule has 6 heteroatoms. The van der Waals surface area contributed by atoms with E-state index >= 15 is 0 Å². The van der Waals surface area contributed by atoms with E-state index in [1.165, 1.54) is 0 Å². The fourth-order valence-electron chi connectivity index (χ4n) is 0.840. The molecule has 0 aromatic carbocycles. The van der Waals surface area contributed by atoms with E-state index in [1.807, 2.05) is 0 Å². The van der Waals surface area contributed by atoms with Gasteiger partial charge in [-0.1, -0.05) is 5.92 Å². The fourth-order valence-corrected chi connectivity index (χ4v) is 0.840. The third-order valence-electron chi connectivity index (χ3n) is 1.49. The van der Waals surface area contributed by atoms with Crippen molar-refractivity contribution >= 4 is 17.5 Å². The smallest absolute Gasteiger partial charge is 0.273 e. The van der Waals surface area contributed by atoms with E-state index in [9.17, 15) is 9.59 Å². The molecular formula is C8H9N3O3. The second-order valence-electron chi connectivity index (χ2n) is 2.52. The number of amides is 2. The Labute approximate surface area is 80.6 Å². The Morgan fingerprint density at radius 1 is 1.71 bits per heavy atom. The summed E-state index contributed by atoms with van der Waals surface area (Å²) >= 11 is 0. The normalized spacial score (nSPS) is 15.1. The van der Waals surface area contributed by atoms with Crippen LogP contribution in [0.2, 0.25) is 0 Å². The molecule has 0 bridgehead atoms. The minimum Gasteiger partial charge on any atom is -0.273 e. The second kappa shape index (κ2) is 4.99. The Morgan fingerprint density at radius 2 is 2.50 bits per heavy atom. The van der Waals surface area contributed by atoms with Crippen LogP contribution in [0.5, 0.6) is 0 Å². The van der Waals surface area contributed by atoms with Gasteiger partial charge in [-0.3, -0.25) is 14.4 Å². The Morgan fingerprint density at radius 3 is 3.07 bits per heavy atom. The average molecular weight is 195 g/mol. The van der Waals surface area contributed by atoms with Crippen LogP contribution in [0.25, 0.3) is 0 Å². The number of terminal acetylenes is 1. The molecule has 0 saturated carbocycles. The molecule has 0 fully saturated rings. The molecule has 1 aliphatic rings. The van der Waals surface area contributed by atoms with Gasteiger partial charge in [0, 0.05) is 12.8 Å². The zero-order chi connectivity index (χ0) is 10.4. The van der Waals surface area contributed by atoms with Gasteiger partial charge in [0.25, 0.3) is 5.91 Å². The first kappa shape index (κ1) is 10.2. The van der Waals surface area contributed by atoms with Crippen LogP contribution in [0, 0.1) is 12.3 Å². The van der Waals surface area contributed by atoms with Crippen LogP contribution in [0.15, 0.2) is 5.10 Å². The van der Waals surface area contributed by atoms with Crippen LogP contribution < -0.4 is 10.9 Å². The number of carbonyl (C=O) groups excluding carboxylic acids is 2. The van der Waals surface area contributed by atoms with E-state index in [0.29, 0.717) is 6.42 Å². The quantitative estimate of drug-likeness (QED) is 0.342. The van der Waals surface area contributed by atoms with Crippen LogP contribution in [0.1, 0.15) is 12.8 Å². The van der Waals surface area contributed by atoms with Gasteiger partial charge in [0.15, 0.2) is 0 Å². The summed E-state index contributed by atoms with van der Waals surface area (Å²) in [5.74, 6) is 1.50. The maximum atomic E-state index is 11.2. The molecule has 0 saturated heterocycles. The molecule has 1 aliphatic heterocycles. The van der Waals surface area contributed by atoms with E-state index in [1.54, 1.807) is 0 Å². The van der Waals surface area contributed by atoms with Crippen molar-refractivity contribution in [3.05, 3.63) is 0 Å². The van der Waals surface area contributed by atoms with Crippen LogP contribution in [-0.4, -0.2) is 24.1 Å². The van der Waals surface area contributed by atoms with Crippen molar-refractivity contribution in [2.24, 2.45) is 5.10 Å². The van der Waals surface area contributed by atoms with Crippen molar-refractivity contribution in [2.75, 3.05) is 6.61 Å². The number of nitrogens with zero attached hydrogens (tertiary/aromatic N) is 1. The molecule has 0 radical (unpaired) electrons. The first-order valence-corrected chi connectivity index (χ1v) is 3.95. The van der Waals surface area contributed by atoms with Gasteiger partial charge in [0.05, 0.1) is 0 Å². The Balaban J connectivity index is 2.38. The molecule has 2 N–H and O–H groups in total. The zero-order valence-corrected chi connectivity index (χ0v) is 7.37. The monoisotopic (exact) mass is 195 g/mol. The van der Waals surface area contributed by atoms with Gasteiger partial charge >= 0.3 is 0 Å². The number of hydrogen-bond acceptors (Lipinski definition) is 4. The highest BCUT2D eigenvalue weighted by Crippen LogP contribution is 1.99. The van der Waals surface area contributed by atoms with E-state index in [0.717, 1.165) is 0 Å². The van der Waals surface area contributed by atoms with Gasteiger partial charge in [0.2, 0.25) is 5.91 Å². The van der Waals surface area contributed by atoms with E-state index in [-0.39, 0.29) is 24.6 Å². The summed E-state index contributed by atoms with van der Waals surface area (Å²) in [5, 5.41) is 3.56. The number of carbonyl (C=O) groups is 2. The van der Waals surface area contributed by atoms with E-state index in [4.69, 9.17) is 6.42 Å². The van der Waals surface area contributed by atoms with Crippen molar-refractivity contribution in [2.45, 2.75) is 12.8 Å². The first-order chi connectivity index (χ1) is 6.74. The van der Waals surface area contributed by atoms with Crippen molar-refractivity contribution in [3.63, 3.8) is 0 Å². The predicted molar refractivity (Wildman–Crippen MR) is 47.7 cm³/mol. The Kier molecular flexibility index (Phi) is 3.64. The molecular weight excluding hydrogens is 186 g/mol. The lowest BCUT2D eigenvalue weighted by Gasteiger charge is -2.10. The maximum Gasteiger partial charge on any atom is 0.291 e. The molecule has 0 atom stereocenters. The number of rotatable bonds is 3. The molecule has 0 aliphatic carbocycles. The number of hydrazone groups is 1. The van der Waals surface area contributed by atoms with Crippen LogP contribution in [0.4, 0.5) is 0 Å². The van der Waals surface area contributed by atoms with E-state index in [2.05, 4.69) is 26.8 Å². The molecule has 0 unspecified atom stereocenters. The summed E-state index contributed by atoms with van der Waals surface area (Å²) in [4.78, 5) is 26.5. The van der Waals surface area contributed by atoms with Crippen molar-refractivity contribution in [3.8, 4) is 12.3 Å². The summed E-state index contributed by atoms with van der Waals surface area (Å²) in [6.45, 7) is -0.00855. The largest absolute Gasteiger partial charge is 0.291 e. The molecule has 1 heterocycles. The highest BCUT2D eigenvalue weighted by Gasteiger charge is 2.17. The molecule has 6 nitrogen and oxygen atoms in total. The minimum atomic E-state index is -0.486. The van der Waals surface area contributed by atoms with Crippen molar-refractivity contribution in [1.82, 2.24) is 10.9 Å². The van der Waals surface area contributed by atoms with Gasteiger partial charge < -0.3 is 0 Å². The molecule has 0 aromatic heterocycles. The van der Waals surface area contributed by atoms with Crippen LogP contribution in [0.3, 0.4) is 0 Å². The lowest BCUT2D eigenvalue weighted by atomic mass is 10.2. The predicted octanol–water partition coefficient (Wildman–Crippen LogP) is -1.07. The fraction of sp³-hybridized carbons (Fsp3) is 0.375. The summed E-state index contributed by atoms with van der Waals surface area (Å²) in [6.07, 6.45) is 5.45. The molecule has 2 amide bonds. The van der Waals surface area contributed by atoms with Crippen molar-refractivity contribution in [1.29, 1.82) is 0 Å². The van der Waals surface area contributed by atoms with Gasteiger partial charge in [-0.15, -0.1) is 6.42 Å². The molecule has 1 rings (SSSR count). The topological polar surface area (TPSA) is 79.8 Å². The van der Waals surface area contributed by atoms with Gasteiger partial charge in [-0.2, -0.15) is 5.10 Å². The first-order valence-electron chi connectivity index (χ1n) is 3.95. The second-order valence-corrected chi connectivity index (χ2v) is 2.52. The summed E-state index contributed by atoms with van der Waals surface area (Å²) in [5.41, 5.74) is 4.52. The minimum absolute atomic E-state index is 0.00855. The SMILES string of the molecule is C#CCONC(=O)C1=NNC(=O)CC1. The molecule has 14 heavy (non-hydrogen) atoms. The third kappa shape index (κ3) is 2.88. The molecule has 0 aromatic rings. The van der Waals surface area contributed by atoms with Crippen LogP contribution >= 0.6 is 0 Å². The lowest BCUT2D eigenvalue weighted by Crippen LogP contribution is -2.36. The molecule has 0 spiro atoms. The van der Waals surface area contributed by atoms with Crippen LogP contribution in [-0.2, 0) is 14.4 Å². The maximum absolute atomic E-state index is 11.2. The summed E-state index contributed by atoms with van der Waals surface area (Å²) < 4.78 is 0. The average Bonchev–Trinajstić information content (AvgIpc) is 2.19. The summed E-state index contributed by atoms with van der Waals surface area (Å²) in [6, 6.07) is 0. The Hall–Kier alpha value is -1.87. The highest BCUT2D eigenvalue weighted by molar-refractivity contribution is 6.39. The number of nitrogens with one attached hydrogen (secondary N) is 2. The Bertz CT molecular complexity index is 316. The van der Waals surface area contributed by atoms with Gasteiger partial charge in [-0.25, -0.2) is 10.9 Å². The number of hydrogen-bond donors (Lipinski definition) is 2. The standard InChI is InChI=1S/C8H9N3O3/c1-2-5-14-11-8(13)6-3-4-7(12)10-9-6/h1H,3-5H2,(H,10,12)(H,11,13). The lowest BCUT2D eigenvalue weighted by molar-refractivity contribution is -0.125. The van der Waals surface area contributed by atoms with Gasteiger partial charge in [-0.05, 0) is 0 Å². The highest BCUT2D eigenvalue weighted by atomic mass is 16.6. The van der Waals surface area contributed by atoms with Crippen molar-refractivity contribution < 1.29 is 14.4 Å². The third-order valence-corrected chi connectivity index (χ3v) is 1.49. The zero-order valence-electron chi connectivity index (χ0n) is 7.37. The van der Waals surface area contributed by atoms with Gasteiger partial charge in [0.1, 0.15) is 12.3 Å². The van der Waals surface area contributed by atoms with E-state index < -0.39 is 5.91 Å². The number of hydroxylamine groups is 1.